The summed E-state index contributed by atoms with van der Waals surface area (Å²) in [6.07, 6.45) is 4.18. The minimum atomic E-state index is 0.923. The maximum atomic E-state index is 2.69. The second-order valence-electron chi connectivity index (χ2n) is 5.08. The topological polar surface area (TPSA) is 6.48 Å². The summed E-state index contributed by atoms with van der Waals surface area (Å²) in [5.41, 5.74) is 1.39. The smallest absolute Gasteiger partial charge is 0.0367 e. The van der Waals surface area contributed by atoms with Gasteiger partial charge in [0, 0.05) is 41.5 Å². The van der Waals surface area contributed by atoms with E-state index in [1.807, 2.05) is 0 Å². The minimum Gasteiger partial charge on any atom is -0.370 e. The molecule has 2 fully saturated rings. The maximum Gasteiger partial charge on any atom is 0.0367 e. The summed E-state index contributed by atoms with van der Waals surface area (Å²) < 4.78 is 1.32. The third-order valence-electron chi connectivity index (χ3n) is 3.79. The van der Waals surface area contributed by atoms with Crippen LogP contribution in [0, 0.1) is 3.57 Å². The molecule has 1 aliphatic heterocycles. The van der Waals surface area contributed by atoms with Gasteiger partial charge in [0.15, 0.2) is 0 Å². The van der Waals surface area contributed by atoms with Crippen molar-refractivity contribution in [3.05, 3.63) is 27.8 Å². The van der Waals surface area contributed by atoms with Gasteiger partial charge in [0.25, 0.3) is 0 Å². The lowest BCUT2D eigenvalue weighted by Gasteiger charge is -2.23. The molecule has 1 saturated heterocycles. The molecule has 1 heterocycles. The van der Waals surface area contributed by atoms with E-state index in [1.54, 1.807) is 0 Å². The first-order valence-corrected chi connectivity index (χ1v) is 7.65. The highest BCUT2D eigenvalue weighted by atomic mass is 127. The Bertz CT molecular complexity index is 372. The zero-order valence-corrected chi connectivity index (χ0v) is 12.3. The van der Waals surface area contributed by atoms with Crippen LogP contribution < -0.4 is 4.90 Å². The molecule has 2 nitrogen and oxygen atoms in total. The third-order valence-corrected chi connectivity index (χ3v) is 4.50. The Balaban J connectivity index is 1.65. The molecule has 17 heavy (non-hydrogen) atoms. The number of rotatable bonds is 2. The van der Waals surface area contributed by atoms with Crippen LogP contribution >= 0.6 is 22.6 Å². The largest absolute Gasteiger partial charge is 0.370 e. The van der Waals surface area contributed by atoms with E-state index in [9.17, 15) is 0 Å². The van der Waals surface area contributed by atoms with E-state index in [0.29, 0.717) is 0 Å². The first-order valence-electron chi connectivity index (χ1n) is 6.57. The predicted molar refractivity (Wildman–Crippen MR) is 80.6 cm³/mol. The van der Waals surface area contributed by atoms with Crippen LogP contribution in [0.1, 0.15) is 19.3 Å². The van der Waals surface area contributed by atoms with Gasteiger partial charge in [-0.05, 0) is 66.1 Å². The lowest BCUT2D eigenvalue weighted by molar-refractivity contribution is 0.283. The van der Waals surface area contributed by atoms with Crippen LogP contribution in [0.5, 0.6) is 0 Å². The molecule has 0 N–H and O–H groups in total. The van der Waals surface area contributed by atoms with Gasteiger partial charge in [-0.2, -0.15) is 0 Å². The zero-order valence-electron chi connectivity index (χ0n) is 10.1. The van der Waals surface area contributed by atoms with Crippen LogP contribution in [0.15, 0.2) is 24.3 Å². The Morgan fingerprint density at radius 2 is 1.71 bits per heavy atom. The van der Waals surface area contributed by atoms with Gasteiger partial charge in [-0.25, -0.2) is 0 Å². The Labute approximate surface area is 117 Å². The molecule has 0 spiro atoms. The molecule has 0 unspecified atom stereocenters. The zero-order chi connectivity index (χ0) is 11.7. The fraction of sp³-hybridized carbons (Fsp3) is 0.571. The first-order chi connectivity index (χ1) is 8.33. The molecule has 0 amide bonds. The second kappa shape index (κ2) is 5.14. The van der Waals surface area contributed by atoms with Crippen LogP contribution in [0.4, 0.5) is 5.69 Å². The van der Waals surface area contributed by atoms with E-state index in [-0.39, 0.29) is 0 Å². The molecule has 0 aromatic heterocycles. The standard InChI is InChI=1S/C14H19IN2/c15-12-2-4-13(5-3-12)16-8-1-9-17(11-10-16)14-6-7-14/h2-5,14H,1,6-11H2. The molecule has 1 aliphatic carbocycles. The number of hydrogen-bond acceptors (Lipinski definition) is 2. The summed E-state index contributed by atoms with van der Waals surface area (Å²) >= 11 is 2.37. The first kappa shape index (κ1) is 11.8. The van der Waals surface area contributed by atoms with E-state index in [1.165, 1.54) is 54.7 Å². The van der Waals surface area contributed by atoms with E-state index < -0.39 is 0 Å². The molecule has 1 saturated carbocycles. The van der Waals surface area contributed by atoms with E-state index in [0.717, 1.165) is 6.04 Å². The van der Waals surface area contributed by atoms with Gasteiger partial charge in [0.05, 0.1) is 0 Å². The quantitative estimate of drug-likeness (QED) is 0.763. The normalized spacial score (nSPS) is 22.5. The van der Waals surface area contributed by atoms with Gasteiger partial charge in [0.1, 0.15) is 0 Å². The van der Waals surface area contributed by atoms with Gasteiger partial charge in [-0.15, -0.1) is 0 Å². The van der Waals surface area contributed by atoms with Gasteiger partial charge < -0.3 is 4.90 Å². The molecule has 0 radical (unpaired) electrons. The summed E-state index contributed by atoms with van der Waals surface area (Å²) in [7, 11) is 0. The lowest BCUT2D eigenvalue weighted by atomic mass is 10.3. The van der Waals surface area contributed by atoms with Crippen molar-refractivity contribution in [3.8, 4) is 0 Å². The predicted octanol–water partition coefficient (Wildman–Crippen LogP) is 2.97. The summed E-state index contributed by atoms with van der Waals surface area (Å²) in [5.74, 6) is 0. The average molecular weight is 342 g/mol. The minimum absolute atomic E-state index is 0.923. The highest BCUT2D eigenvalue weighted by Crippen LogP contribution is 2.28. The van der Waals surface area contributed by atoms with Crippen molar-refractivity contribution < 1.29 is 0 Å². The Hall–Kier alpha value is -0.290. The summed E-state index contributed by atoms with van der Waals surface area (Å²) in [6, 6.07) is 9.86. The molecular weight excluding hydrogens is 323 g/mol. The van der Waals surface area contributed by atoms with Gasteiger partial charge >= 0.3 is 0 Å². The second-order valence-corrected chi connectivity index (χ2v) is 6.33. The number of nitrogens with zero attached hydrogens (tertiary/aromatic N) is 2. The Morgan fingerprint density at radius 3 is 2.41 bits per heavy atom. The number of hydrogen-bond donors (Lipinski definition) is 0. The fourth-order valence-corrected chi connectivity index (χ4v) is 3.01. The molecule has 2 aliphatic rings. The molecule has 3 rings (SSSR count). The summed E-state index contributed by atoms with van der Waals surface area (Å²) in [5, 5.41) is 0. The Morgan fingerprint density at radius 1 is 0.941 bits per heavy atom. The van der Waals surface area contributed by atoms with Crippen LogP contribution in [-0.4, -0.2) is 37.1 Å². The fourth-order valence-electron chi connectivity index (χ4n) is 2.65. The van der Waals surface area contributed by atoms with Crippen molar-refractivity contribution >= 4 is 28.3 Å². The third kappa shape index (κ3) is 2.94. The van der Waals surface area contributed by atoms with Gasteiger partial charge in [0.2, 0.25) is 0 Å². The van der Waals surface area contributed by atoms with Crippen molar-refractivity contribution in [2.75, 3.05) is 31.1 Å². The summed E-state index contributed by atoms with van der Waals surface area (Å²) in [6.45, 7) is 4.95. The van der Waals surface area contributed by atoms with E-state index >= 15 is 0 Å². The van der Waals surface area contributed by atoms with Crippen molar-refractivity contribution in [2.24, 2.45) is 0 Å². The van der Waals surface area contributed by atoms with Crippen molar-refractivity contribution in [1.82, 2.24) is 4.90 Å². The van der Waals surface area contributed by atoms with Crippen LogP contribution in [-0.2, 0) is 0 Å². The van der Waals surface area contributed by atoms with E-state index in [4.69, 9.17) is 0 Å². The van der Waals surface area contributed by atoms with Crippen LogP contribution in [0.3, 0.4) is 0 Å². The van der Waals surface area contributed by atoms with Crippen molar-refractivity contribution in [3.63, 3.8) is 0 Å². The van der Waals surface area contributed by atoms with Crippen LogP contribution in [0.2, 0.25) is 0 Å². The van der Waals surface area contributed by atoms with E-state index in [2.05, 4.69) is 56.7 Å². The Kier molecular flexibility index (Phi) is 3.56. The number of benzene rings is 1. The molecule has 1 aromatic carbocycles. The lowest BCUT2D eigenvalue weighted by Crippen LogP contribution is -2.32. The molecule has 1 aromatic rings. The SMILES string of the molecule is Ic1ccc(N2CCCN(C3CC3)CC2)cc1. The molecule has 0 atom stereocenters. The highest BCUT2D eigenvalue weighted by molar-refractivity contribution is 14.1. The molecule has 92 valence electrons. The average Bonchev–Trinajstić information content (AvgIpc) is 3.16. The number of anilines is 1. The van der Waals surface area contributed by atoms with Crippen LogP contribution in [0.25, 0.3) is 0 Å². The maximum absolute atomic E-state index is 2.69. The molecular formula is C14H19IN2. The van der Waals surface area contributed by atoms with Gasteiger partial charge in [-0.1, -0.05) is 0 Å². The van der Waals surface area contributed by atoms with Gasteiger partial charge in [-0.3, -0.25) is 4.90 Å². The number of halogens is 1. The molecule has 3 heteroatoms. The monoisotopic (exact) mass is 342 g/mol. The summed E-state index contributed by atoms with van der Waals surface area (Å²) in [4.78, 5) is 5.23. The van der Waals surface area contributed by atoms with Crippen molar-refractivity contribution in [1.29, 1.82) is 0 Å². The highest BCUT2D eigenvalue weighted by Gasteiger charge is 2.29. The molecule has 0 bridgehead atoms. The van der Waals surface area contributed by atoms with Crippen molar-refractivity contribution in [2.45, 2.75) is 25.3 Å².